The van der Waals surface area contributed by atoms with Gasteiger partial charge in [0.15, 0.2) is 0 Å². The minimum atomic E-state index is -0.442. The van der Waals surface area contributed by atoms with E-state index in [1.807, 2.05) is 62.4 Å². The molecule has 1 atom stereocenters. The van der Waals surface area contributed by atoms with E-state index < -0.39 is 6.04 Å². The number of allylic oxidation sites excluding steroid dienone is 1. The highest BCUT2D eigenvalue weighted by atomic mass is 16.5. The largest absolute Gasteiger partial charge is 0.494 e. The van der Waals surface area contributed by atoms with Crippen molar-refractivity contribution in [1.29, 1.82) is 0 Å². The van der Waals surface area contributed by atoms with E-state index in [0.717, 1.165) is 17.7 Å². The smallest absolute Gasteiger partial charge is 0.255 e. The van der Waals surface area contributed by atoms with Crippen molar-refractivity contribution in [3.8, 4) is 11.5 Å². The molecule has 178 valence electrons. The molecule has 1 unspecified atom stereocenters. The normalized spacial score (nSPS) is 15.0. The number of nitrogens with one attached hydrogen (secondary N) is 2. The second-order valence-electron chi connectivity index (χ2n) is 8.58. The number of hydrogen-bond donors (Lipinski definition) is 2. The minimum absolute atomic E-state index is 0.236. The van der Waals surface area contributed by atoms with Crippen LogP contribution in [0.1, 0.15) is 45.7 Å². The van der Waals surface area contributed by atoms with Gasteiger partial charge in [0.2, 0.25) is 5.95 Å². The molecule has 0 spiro atoms. The van der Waals surface area contributed by atoms with E-state index in [4.69, 9.17) is 9.47 Å². The molecule has 2 aromatic carbocycles. The summed E-state index contributed by atoms with van der Waals surface area (Å²) in [5.41, 5.74) is 2.80. The zero-order valence-electron chi connectivity index (χ0n) is 20.0. The first kappa shape index (κ1) is 23.4. The highest BCUT2D eigenvalue weighted by Gasteiger charge is 2.33. The number of nitrogens with zero attached hydrogens (tertiary/aromatic N) is 3. The van der Waals surface area contributed by atoms with Crippen molar-refractivity contribution >= 4 is 17.5 Å². The Balaban J connectivity index is 1.63. The van der Waals surface area contributed by atoms with Crippen molar-refractivity contribution in [2.45, 2.75) is 40.2 Å². The fourth-order valence-electron chi connectivity index (χ4n) is 3.89. The van der Waals surface area contributed by atoms with E-state index in [0.29, 0.717) is 47.8 Å². The van der Waals surface area contributed by atoms with Gasteiger partial charge in [-0.25, -0.2) is 4.68 Å². The molecule has 0 fully saturated rings. The molecule has 4 rings (SSSR count). The van der Waals surface area contributed by atoms with Crippen molar-refractivity contribution in [1.82, 2.24) is 14.8 Å². The second-order valence-corrected chi connectivity index (χ2v) is 8.58. The molecule has 1 amide bonds. The van der Waals surface area contributed by atoms with Gasteiger partial charge in [-0.1, -0.05) is 38.1 Å². The van der Waals surface area contributed by atoms with Crippen molar-refractivity contribution < 1.29 is 14.3 Å². The maximum atomic E-state index is 13.6. The van der Waals surface area contributed by atoms with Gasteiger partial charge in [-0.3, -0.25) is 4.79 Å². The third-order valence-electron chi connectivity index (χ3n) is 5.63. The first-order chi connectivity index (χ1) is 16.5. The number of aromatic nitrogens is 3. The molecule has 1 aromatic heterocycles. The lowest BCUT2D eigenvalue weighted by molar-refractivity contribution is -0.113. The Morgan fingerprint density at radius 1 is 1.15 bits per heavy atom. The van der Waals surface area contributed by atoms with Crippen molar-refractivity contribution in [3.63, 3.8) is 0 Å². The van der Waals surface area contributed by atoms with Crippen LogP contribution in [0.4, 0.5) is 11.6 Å². The highest BCUT2D eigenvalue weighted by molar-refractivity contribution is 6.06. The average molecular weight is 462 g/mol. The molecule has 8 heteroatoms. The van der Waals surface area contributed by atoms with Gasteiger partial charge in [0.1, 0.15) is 23.9 Å². The Labute approximate surface area is 200 Å². The molecule has 0 saturated heterocycles. The molecule has 8 nitrogen and oxygen atoms in total. The predicted molar refractivity (Wildman–Crippen MR) is 132 cm³/mol. The summed E-state index contributed by atoms with van der Waals surface area (Å²) in [5.74, 6) is 2.36. The molecule has 3 aromatic rings. The lowest BCUT2D eigenvalue weighted by Gasteiger charge is -2.29. The molecule has 34 heavy (non-hydrogen) atoms. The molecule has 0 saturated carbocycles. The van der Waals surface area contributed by atoms with Crippen LogP contribution < -0.4 is 20.1 Å². The van der Waals surface area contributed by atoms with E-state index in [2.05, 4.69) is 34.6 Å². The fraction of sp³-hybridized carbons (Fsp3) is 0.346. The second kappa shape index (κ2) is 10.4. The molecule has 1 aliphatic heterocycles. The third kappa shape index (κ3) is 5.06. The molecule has 0 bridgehead atoms. The van der Waals surface area contributed by atoms with Crippen LogP contribution in [-0.4, -0.2) is 33.9 Å². The maximum absolute atomic E-state index is 13.6. The number of para-hydroxylation sites is 2. The van der Waals surface area contributed by atoms with E-state index in [-0.39, 0.29) is 5.91 Å². The summed E-state index contributed by atoms with van der Waals surface area (Å²) in [6.45, 7) is 9.31. The fourth-order valence-corrected chi connectivity index (χ4v) is 3.89. The Morgan fingerprint density at radius 3 is 2.65 bits per heavy atom. The molecular weight excluding hydrogens is 430 g/mol. The summed E-state index contributed by atoms with van der Waals surface area (Å²) >= 11 is 0. The number of amides is 1. The van der Waals surface area contributed by atoms with Crippen LogP contribution in [-0.2, 0) is 4.79 Å². The molecular formula is C26H31N5O3. The summed E-state index contributed by atoms with van der Waals surface area (Å²) < 4.78 is 13.3. The number of carbonyl (C=O) groups excluding carboxylic acids is 1. The number of anilines is 2. The van der Waals surface area contributed by atoms with Gasteiger partial charge >= 0.3 is 0 Å². The number of carbonyl (C=O) groups is 1. The number of rotatable bonds is 9. The van der Waals surface area contributed by atoms with Gasteiger partial charge in [0.05, 0.1) is 24.5 Å². The van der Waals surface area contributed by atoms with E-state index in [9.17, 15) is 4.79 Å². The van der Waals surface area contributed by atoms with Crippen LogP contribution in [0.25, 0.3) is 0 Å². The highest BCUT2D eigenvalue weighted by Crippen LogP contribution is 2.36. The topological polar surface area (TPSA) is 90.3 Å². The molecule has 2 heterocycles. The zero-order valence-corrected chi connectivity index (χ0v) is 20.0. The lowest BCUT2D eigenvalue weighted by Crippen LogP contribution is -2.31. The van der Waals surface area contributed by atoms with Crippen LogP contribution in [0.15, 0.2) is 66.1 Å². The van der Waals surface area contributed by atoms with Gasteiger partial charge in [0, 0.05) is 5.70 Å². The third-order valence-corrected chi connectivity index (χ3v) is 5.63. The van der Waals surface area contributed by atoms with Crippen LogP contribution in [0.3, 0.4) is 0 Å². The Morgan fingerprint density at radius 2 is 1.91 bits per heavy atom. The Kier molecular flexibility index (Phi) is 7.15. The first-order valence-electron chi connectivity index (χ1n) is 11.6. The maximum Gasteiger partial charge on any atom is 0.255 e. The first-order valence-corrected chi connectivity index (χ1v) is 11.6. The summed E-state index contributed by atoms with van der Waals surface area (Å²) in [6, 6.07) is 14.8. The van der Waals surface area contributed by atoms with E-state index in [1.165, 1.54) is 6.33 Å². The quantitative estimate of drug-likeness (QED) is 0.465. The summed E-state index contributed by atoms with van der Waals surface area (Å²) in [4.78, 5) is 17.9. The number of benzene rings is 2. The number of ether oxygens (including phenoxy) is 2. The van der Waals surface area contributed by atoms with E-state index >= 15 is 0 Å². The minimum Gasteiger partial charge on any atom is -0.494 e. The Bertz CT molecular complexity index is 1170. The average Bonchev–Trinajstić information content (AvgIpc) is 3.28. The summed E-state index contributed by atoms with van der Waals surface area (Å²) in [5, 5.41) is 10.6. The SMILES string of the molecule is CCOc1ccccc1NC(=O)C1=C(C)Nc2ncnn2C1c1ccc(OCCC(C)C)cc1. The standard InChI is InChI=1S/C26H31N5O3/c1-5-33-22-9-7-6-8-21(22)30-25(32)23-18(4)29-26-27-16-28-31(26)24(23)19-10-12-20(13-11-19)34-15-14-17(2)3/h6-13,16-17,24H,5,14-15H2,1-4H3,(H,30,32)(H,27,28,29). The van der Waals surface area contributed by atoms with Crippen LogP contribution in [0.2, 0.25) is 0 Å². The molecule has 1 aliphatic rings. The Hall–Kier alpha value is -3.81. The van der Waals surface area contributed by atoms with Gasteiger partial charge in [0.25, 0.3) is 5.91 Å². The predicted octanol–water partition coefficient (Wildman–Crippen LogP) is 5.03. The summed E-state index contributed by atoms with van der Waals surface area (Å²) in [6.07, 6.45) is 2.48. The van der Waals surface area contributed by atoms with Gasteiger partial charge in [-0.05, 0) is 56.0 Å². The van der Waals surface area contributed by atoms with Crippen LogP contribution in [0, 0.1) is 5.92 Å². The number of fused-ring (bicyclic) bond motifs is 1. The molecule has 0 aliphatic carbocycles. The van der Waals surface area contributed by atoms with Crippen molar-refractivity contribution in [3.05, 3.63) is 71.7 Å². The monoisotopic (exact) mass is 461 g/mol. The van der Waals surface area contributed by atoms with Crippen LogP contribution >= 0.6 is 0 Å². The lowest BCUT2D eigenvalue weighted by atomic mass is 9.95. The van der Waals surface area contributed by atoms with Crippen molar-refractivity contribution in [2.24, 2.45) is 5.92 Å². The summed E-state index contributed by atoms with van der Waals surface area (Å²) in [7, 11) is 0. The molecule has 2 N–H and O–H groups in total. The van der Waals surface area contributed by atoms with Gasteiger partial charge in [-0.15, -0.1) is 0 Å². The van der Waals surface area contributed by atoms with E-state index in [1.54, 1.807) is 4.68 Å². The number of hydrogen-bond acceptors (Lipinski definition) is 6. The van der Waals surface area contributed by atoms with Gasteiger partial charge < -0.3 is 20.1 Å². The van der Waals surface area contributed by atoms with Crippen LogP contribution in [0.5, 0.6) is 11.5 Å². The molecule has 0 radical (unpaired) electrons. The van der Waals surface area contributed by atoms with Gasteiger partial charge in [-0.2, -0.15) is 10.1 Å². The van der Waals surface area contributed by atoms with Crippen molar-refractivity contribution in [2.75, 3.05) is 23.8 Å². The zero-order chi connectivity index (χ0) is 24.1.